The van der Waals surface area contributed by atoms with Crippen LogP contribution in [0.3, 0.4) is 0 Å². The summed E-state index contributed by atoms with van der Waals surface area (Å²) in [5.74, 6) is -1.40. The van der Waals surface area contributed by atoms with E-state index >= 15 is 0 Å². The van der Waals surface area contributed by atoms with E-state index in [1.165, 1.54) is 18.2 Å². The third kappa shape index (κ3) is 5.08. The number of carbonyl (C=O) groups is 2. The Hall–Kier alpha value is -2.89. The number of anilines is 1. The minimum Gasteiger partial charge on any atom is -0.482 e. The molecule has 1 N–H and O–H groups in total. The predicted octanol–water partition coefficient (Wildman–Crippen LogP) is 3.00. The van der Waals surface area contributed by atoms with Crippen LogP contribution in [0.15, 0.2) is 42.5 Å². The van der Waals surface area contributed by atoms with E-state index in [1.807, 2.05) is 26.0 Å². The monoisotopic (exact) mass is 331 g/mol. The van der Waals surface area contributed by atoms with E-state index in [9.17, 15) is 14.0 Å². The minimum atomic E-state index is -0.713. The molecule has 0 spiro atoms. The van der Waals surface area contributed by atoms with Crippen LogP contribution in [0.1, 0.15) is 11.1 Å². The zero-order valence-corrected chi connectivity index (χ0v) is 13.5. The second-order valence-corrected chi connectivity index (χ2v) is 5.20. The number of benzene rings is 2. The lowest BCUT2D eigenvalue weighted by molar-refractivity contribution is -0.149. The summed E-state index contributed by atoms with van der Waals surface area (Å²) in [5, 5.41) is 2.68. The fourth-order valence-corrected chi connectivity index (χ4v) is 1.96. The molecule has 0 heterocycles. The minimum absolute atomic E-state index is 0.215. The maximum absolute atomic E-state index is 13.0. The van der Waals surface area contributed by atoms with Gasteiger partial charge in [-0.15, -0.1) is 0 Å². The van der Waals surface area contributed by atoms with E-state index in [0.29, 0.717) is 5.69 Å². The first-order valence-corrected chi connectivity index (χ1v) is 7.36. The molecule has 0 aromatic heterocycles. The fourth-order valence-electron chi connectivity index (χ4n) is 1.96. The smallest absolute Gasteiger partial charge is 0.344 e. The molecule has 0 radical (unpaired) electrons. The first-order chi connectivity index (χ1) is 11.5. The number of rotatable bonds is 6. The van der Waals surface area contributed by atoms with Gasteiger partial charge >= 0.3 is 5.97 Å². The summed E-state index contributed by atoms with van der Waals surface area (Å²) in [4.78, 5) is 23.4. The third-order valence-electron chi connectivity index (χ3n) is 3.40. The van der Waals surface area contributed by atoms with Crippen molar-refractivity contribution in [1.82, 2.24) is 0 Å². The molecule has 0 atom stereocenters. The van der Waals surface area contributed by atoms with E-state index < -0.39 is 30.9 Å². The zero-order valence-electron chi connectivity index (χ0n) is 13.5. The number of nitrogens with one attached hydrogen (secondary N) is 1. The lowest BCUT2D eigenvalue weighted by atomic mass is 10.1. The normalized spacial score (nSPS) is 10.1. The first kappa shape index (κ1) is 17.5. The molecule has 0 fully saturated rings. The van der Waals surface area contributed by atoms with Gasteiger partial charge in [0.2, 0.25) is 0 Å². The lowest BCUT2D eigenvalue weighted by Gasteiger charge is -2.11. The van der Waals surface area contributed by atoms with Crippen LogP contribution in [0.5, 0.6) is 5.75 Å². The third-order valence-corrected chi connectivity index (χ3v) is 3.40. The fraction of sp³-hybridized carbons (Fsp3) is 0.222. The molecule has 0 saturated carbocycles. The Kier molecular flexibility index (Phi) is 5.89. The van der Waals surface area contributed by atoms with Crippen molar-refractivity contribution < 1.29 is 23.5 Å². The maximum Gasteiger partial charge on any atom is 0.344 e. The highest BCUT2D eigenvalue weighted by Crippen LogP contribution is 2.17. The molecule has 0 aliphatic rings. The highest BCUT2D eigenvalue weighted by molar-refractivity contribution is 5.93. The average Bonchev–Trinajstić information content (AvgIpc) is 2.55. The van der Waals surface area contributed by atoms with E-state index in [2.05, 4.69) is 5.32 Å². The van der Waals surface area contributed by atoms with Crippen molar-refractivity contribution >= 4 is 17.6 Å². The molecule has 2 aromatic carbocycles. The van der Waals surface area contributed by atoms with Gasteiger partial charge in [-0.1, -0.05) is 18.2 Å². The average molecular weight is 331 g/mol. The summed E-state index contributed by atoms with van der Waals surface area (Å²) < 4.78 is 22.9. The van der Waals surface area contributed by atoms with Gasteiger partial charge in [0.25, 0.3) is 5.91 Å². The van der Waals surface area contributed by atoms with Crippen molar-refractivity contribution in [2.24, 2.45) is 0 Å². The summed E-state index contributed by atoms with van der Waals surface area (Å²) >= 11 is 0. The van der Waals surface area contributed by atoms with Gasteiger partial charge in [-0.05, 0) is 43.2 Å². The highest BCUT2D eigenvalue weighted by atomic mass is 19.1. The zero-order chi connectivity index (χ0) is 17.5. The second kappa shape index (κ2) is 8.10. The largest absolute Gasteiger partial charge is 0.482 e. The van der Waals surface area contributed by atoms with E-state index in [1.54, 1.807) is 6.07 Å². The molecule has 5 nitrogen and oxygen atoms in total. The van der Waals surface area contributed by atoms with Crippen LogP contribution in [-0.2, 0) is 14.3 Å². The molecule has 0 saturated heterocycles. The van der Waals surface area contributed by atoms with Crippen molar-refractivity contribution in [2.75, 3.05) is 18.5 Å². The Morgan fingerprint density at radius 1 is 1.08 bits per heavy atom. The number of carbonyl (C=O) groups excluding carboxylic acids is 2. The summed E-state index contributed by atoms with van der Waals surface area (Å²) in [5.41, 5.74) is 2.67. The van der Waals surface area contributed by atoms with Crippen LogP contribution >= 0.6 is 0 Å². The number of hydrogen-bond donors (Lipinski definition) is 1. The van der Waals surface area contributed by atoms with E-state index in [4.69, 9.17) is 9.47 Å². The second-order valence-electron chi connectivity index (χ2n) is 5.20. The number of aryl methyl sites for hydroxylation is 1. The summed E-state index contributed by atoms with van der Waals surface area (Å²) in [7, 11) is 0. The van der Waals surface area contributed by atoms with Crippen molar-refractivity contribution in [3.05, 3.63) is 59.4 Å². The van der Waals surface area contributed by atoms with Crippen molar-refractivity contribution in [1.29, 1.82) is 0 Å². The van der Waals surface area contributed by atoms with Gasteiger partial charge in [0, 0.05) is 11.8 Å². The van der Waals surface area contributed by atoms with Gasteiger partial charge in [0.05, 0.1) is 0 Å². The van der Waals surface area contributed by atoms with E-state index in [0.717, 1.165) is 17.2 Å². The summed E-state index contributed by atoms with van der Waals surface area (Å²) in [6, 6.07) is 10.9. The molecule has 0 aliphatic heterocycles. The van der Waals surface area contributed by atoms with Crippen LogP contribution in [-0.4, -0.2) is 25.1 Å². The van der Waals surface area contributed by atoms with Crippen molar-refractivity contribution in [3.63, 3.8) is 0 Å². The van der Waals surface area contributed by atoms with Gasteiger partial charge < -0.3 is 14.8 Å². The quantitative estimate of drug-likeness (QED) is 0.827. The molecular formula is C18H18FNO4. The van der Waals surface area contributed by atoms with Crippen LogP contribution in [0.2, 0.25) is 0 Å². The van der Waals surface area contributed by atoms with Crippen molar-refractivity contribution in [3.8, 4) is 5.75 Å². The molecule has 6 heteroatoms. The Labute approximate surface area is 139 Å². The number of amides is 1. The van der Waals surface area contributed by atoms with Crippen molar-refractivity contribution in [2.45, 2.75) is 13.8 Å². The molecule has 2 aromatic rings. The van der Waals surface area contributed by atoms with Gasteiger partial charge in [-0.2, -0.15) is 0 Å². The Balaban J connectivity index is 1.77. The molecule has 1 amide bonds. The van der Waals surface area contributed by atoms with E-state index in [-0.39, 0.29) is 5.75 Å². The van der Waals surface area contributed by atoms with Gasteiger partial charge in [-0.25, -0.2) is 9.18 Å². The van der Waals surface area contributed by atoms with Gasteiger partial charge in [0.15, 0.2) is 13.2 Å². The molecule has 0 aliphatic carbocycles. The predicted molar refractivity (Wildman–Crippen MR) is 87.4 cm³/mol. The number of esters is 1. The number of hydrogen-bond acceptors (Lipinski definition) is 4. The molecule has 0 bridgehead atoms. The Bertz CT molecular complexity index is 746. The van der Waals surface area contributed by atoms with Gasteiger partial charge in [-0.3, -0.25) is 4.79 Å². The van der Waals surface area contributed by atoms with Crippen LogP contribution in [0.25, 0.3) is 0 Å². The Morgan fingerprint density at radius 2 is 1.83 bits per heavy atom. The summed E-state index contributed by atoms with van der Waals surface area (Å²) in [6.45, 7) is 3.01. The standard InChI is InChI=1S/C18H18FNO4/c1-12-5-3-8-16(13(12)2)20-17(21)10-24-18(22)11-23-15-7-4-6-14(19)9-15/h3-9H,10-11H2,1-2H3,(H,20,21). The molecule has 2 rings (SSSR count). The maximum atomic E-state index is 13.0. The SMILES string of the molecule is Cc1cccc(NC(=O)COC(=O)COc2cccc(F)c2)c1C. The topological polar surface area (TPSA) is 64.6 Å². The van der Waals surface area contributed by atoms with Crippen LogP contribution in [0.4, 0.5) is 10.1 Å². The molecule has 24 heavy (non-hydrogen) atoms. The highest BCUT2D eigenvalue weighted by Gasteiger charge is 2.10. The van der Waals surface area contributed by atoms with Crippen LogP contribution < -0.4 is 10.1 Å². The summed E-state index contributed by atoms with van der Waals surface area (Å²) in [6.07, 6.45) is 0. The van der Waals surface area contributed by atoms with Crippen LogP contribution in [0, 0.1) is 19.7 Å². The number of ether oxygens (including phenoxy) is 2. The van der Waals surface area contributed by atoms with Gasteiger partial charge in [0.1, 0.15) is 11.6 Å². The molecule has 126 valence electrons. The first-order valence-electron chi connectivity index (χ1n) is 7.36. The Morgan fingerprint density at radius 3 is 2.58 bits per heavy atom. The lowest BCUT2D eigenvalue weighted by Crippen LogP contribution is -2.24. The number of halogens is 1. The molecular weight excluding hydrogens is 313 g/mol. The molecule has 0 unspecified atom stereocenters.